The number of fused-ring (bicyclic) bond motifs is 1. The van der Waals surface area contributed by atoms with Crippen molar-refractivity contribution in [1.82, 2.24) is 4.98 Å². The average molecular weight is 231 g/mol. The third-order valence-electron chi connectivity index (χ3n) is 2.58. The van der Waals surface area contributed by atoms with Crippen LogP contribution in [-0.4, -0.2) is 18.2 Å². The standard InChI is InChI=1S/C14H17NO2/c1-9(2)17-13-8-12-11(7-10(13)3)5-6-15-14(12)16-4/h5-9H,1-4H3. The van der Waals surface area contributed by atoms with E-state index in [4.69, 9.17) is 9.47 Å². The molecule has 1 aromatic carbocycles. The number of aromatic nitrogens is 1. The molecule has 2 rings (SSSR count). The van der Waals surface area contributed by atoms with Crippen LogP contribution in [0.3, 0.4) is 0 Å². The highest BCUT2D eigenvalue weighted by Crippen LogP contribution is 2.30. The Morgan fingerprint density at radius 2 is 2.00 bits per heavy atom. The maximum Gasteiger partial charge on any atom is 0.221 e. The molecule has 1 heterocycles. The first kappa shape index (κ1) is 11.7. The number of methoxy groups -OCH3 is 1. The quantitative estimate of drug-likeness (QED) is 0.811. The molecule has 0 aliphatic heterocycles. The van der Waals surface area contributed by atoms with Gasteiger partial charge in [0.2, 0.25) is 5.88 Å². The Hall–Kier alpha value is -1.77. The second-order valence-corrected chi connectivity index (χ2v) is 4.33. The smallest absolute Gasteiger partial charge is 0.221 e. The zero-order valence-corrected chi connectivity index (χ0v) is 10.7. The summed E-state index contributed by atoms with van der Waals surface area (Å²) in [6.07, 6.45) is 1.91. The van der Waals surface area contributed by atoms with Crippen LogP contribution < -0.4 is 9.47 Å². The number of hydrogen-bond donors (Lipinski definition) is 0. The molecule has 3 nitrogen and oxygen atoms in total. The van der Waals surface area contributed by atoms with Crippen molar-refractivity contribution in [2.24, 2.45) is 0 Å². The van der Waals surface area contributed by atoms with E-state index in [0.717, 1.165) is 22.1 Å². The third kappa shape index (κ3) is 2.33. The van der Waals surface area contributed by atoms with Gasteiger partial charge in [0.15, 0.2) is 0 Å². The molecule has 0 radical (unpaired) electrons. The summed E-state index contributed by atoms with van der Waals surface area (Å²) < 4.78 is 11.0. The lowest BCUT2D eigenvalue weighted by atomic mass is 10.1. The van der Waals surface area contributed by atoms with Crippen LogP contribution in [0.25, 0.3) is 10.8 Å². The van der Waals surface area contributed by atoms with Gasteiger partial charge in [-0.15, -0.1) is 0 Å². The number of aryl methyl sites for hydroxylation is 1. The molecule has 0 saturated carbocycles. The number of rotatable bonds is 3. The highest BCUT2D eigenvalue weighted by Gasteiger charge is 2.08. The van der Waals surface area contributed by atoms with Crippen LogP contribution in [0.15, 0.2) is 24.4 Å². The molecule has 17 heavy (non-hydrogen) atoms. The van der Waals surface area contributed by atoms with E-state index in [1.54, 1.807) is 13.3 Å². The number of nitrogens with zero attached hydrogens (tertiary/aromatic N) is 1. The van der Waals surface area contributed by atoms with Crippen LogP contribution in [0.2, 0.25) is 0 Å². The molecule has 0 fully saturated rings. The molecule has 0 spiro atoms. The van der Waals surface area contributed by atoms with Crippen molar-refractivity contribution >= 4 is 10.8 Å². The summed E-state index contributed by atoms with van der Waals surface area (Å²) in [7, 11) is 1.63. The van der Waals surface area contributed by atoms with Gasteiger partial charge in [0.1, 0.15) is 5.75 Å². The Labute approximate surface area is 101 Å². The molecular weight excluding hydrogens is 214 g/mol. The highest BCUT2D eigenvalue weighted by molar-refractivity contribution is 5.88. The molecule has 0 amide bonds. The minimum absolute atomic E-state index is 0.161. The molecule has 90 valence electrons. The van der Waals surface area contributed by atoms with E-state index in [1.807, 2.05) is 32.9 Å². The van der Waals surface area contributed by atoms with Gasteiger partial charge in [-0.2, -0.15) is 0 Å². The molecule has 2 aromatic rings. The first-order valence-electron chi connectivity index (χ1n) is 5.72. The van der Waals surface area contributed by atoms with Gasteiger partial charge < -0.3 is 9.47 Å². The van der Waals surface area contributed by atoms with Crippen molar-refractivity contribution in [3.8, 4) is 11.6 Å². The molecular formula is C14H17NO2. The van der Waals surface area contributed by atoms with Gasteiger partial charge in [-0.25, -0.2) is 4.98 Å². The van der Waals surface area contributed by atoms with Gasteiger partial charge in [-0.05, 0) is 49.9 Å². The topological polar surface area (TPSA) is 31.4 Å². The summed E-state index contributed by atoms with van der Waals surface area (Å²) in [5.41, 5.74) is 1.12. The minimum Gasteiger partial charge on any atom is -0.491 e. The zero-order chi connectivity index (χ0) is 12.4. The molecule has 0 aliphatic carbocycles. The van der Waals surface area contributed by atoms with Crippen LogP contribution in [0, 0.1) is 6.92 Å². The maximum absolute atomic E-state index is 5.77. The predicted octanol–water partition coefficient (Wildman–Crippen LogP) is 3.34. The van der Waals surface area contributed by atoms with Crippen LogP contribution in [0.1, 0.15) is 19.4 Å². The summed E-state index contributed by atoms with van der Waals surface area (Å²) in [6.45, 7) is 6.08. The van der Waals surface area contributed by atoms with Crippen molar-refractivity contribution in [2.75, 3.05) is 7.11 Å². The SMILES string of the molecule is COc1nccc2cc(C)c(OC(C)C)cc12. The Balaban J connectivity index is 2.60. The second-order valence-electron chi connectivity index (χ2n) is 4.33. The summed E-state index contributed by atoms with van der Waals surface area (Å²) in [5, 5.41) is 2.10. The normalized spacial score (nSPS) is 10.9. The average Bonchev–Trinajstić information content (AvgIpc) is 2.28. The van der Waals surface area contributed by atoms with Gasteiger partial charge in [0.05, 0.1) is 13.2 Å². The summed E-state index contributed by atoms with van der Waals surface area (Å²) >= 11 is 0. The van der Waals surface area contributed by atoms with Crippen molar-refractivity contribution in [1.29, 1.82) is 0 Å². The lowest BCUT2D eigenvalue weighted by Gasteiger charge is -2.14. The molecule has 0 atom stereocenters. The largest absolute Gasteiger partial charge is 0.491 e. The van der Waals surface area contributed by atoms with E-state index in [-0.39, 0.29) is 6.10 Å². The van der Waals surface area contributed by atoms with Gasteiger partial charge >= 0.3 is 0 Å². The fourth-order valence-electron chi connectivity index (χ4n) is 1.83. The van der Waals surface area contributed by atoms with Crippen molar-refractivity contribution in [2.45, 2.75) is 26.9 Å². The minimum atomic E-state index is 0.161. The van der Waals surface area contributed by atoms with Gasteiger partial charge in [-0.3, -0.25) is 0 Å². The Kier molecular flexibility index (Phi) is 3.18. The van der Waals surface area contributed by atoms with E-state index in [2.05, 4.69) is 11.1 Å². The molecule has 0 bridgehead atoms. The van der Waals surface area contributed by atoms with Crippen LogP contribution in [0.5, 0.6) is 11.6 Å². The van der Waals surface area contributed by atoms with Gasteiger partial charge in [0, 0.05) is 11.6 Å². The monoisotopic (exact) mass is 231 g/mol. The predicted molar refractivity (Wildman–Crippen MR) is 68.8 cm³/mol. The van der Waals surface area contributed by atoms with E-state index in [9.17, 15) is 0 Å². The molecule has 3 heteroatoms. The summed E-state index contributed by atoms with van der Waals surface area (Å²) in [5.74, 6) is 1.52. The summed E-state index contributed by atoms with van der Waals surface area (Å²) in [6, 6.07) is 6.07. The van der Waals surface area contributed by atoms with Crippen LogP contribution >= 0.6 is 0 Å². The number of hydrogen-bond acceptors (Lipinski definition) is 3. The number of ether oxygens (including phenoxy) is 2. The van der Waals surface area contributed by atoms with Gasteiger partial charge in [-0.1, -0.05) is 0 Å². The molecule has 0 saturated heterocycles. The van der Waals surface area contributed by atoms with Crippen LogP contribution in [-0.2, 0) is 0 Å². The van der Waals surface area contributed by atoms with Crippen molar-refractivity contribution in [3.63, 3.8) is 0 Å². The second kappa shape index (κ2) is 4.62. The molecule has 1 aromatic heterocycles. The highest BCUT2D eigenvalue weighted by atomic mass is 16.5. The Bertz CT molecular complexity index is 535. The van der Waals surface area contributed by atoms with E-state index < -0.39 is 0 Å². The Morgan fingerprint density at radius 1 is 1.24 bits per heavy atom. The molecule has 0 aliphatic rings. The van der Waals surface area contributed by atoms with Gasteiger partial charge in [0.25, 0.3) is 0 Å². The van der Waals surface area contributed by atoms with E-state index in [0.29, 0.717) is 5.88 Å². The van der Waals surface area contributed by atoms with E-state index >= 15 is 0 Å². The first-order valence-corrected chi connectivity index (χ1v) is 5.72. The van der Waals surface area contributed by atoms with Crippen molar-refractivity contribution < 1.29 is 9.47 Å². The third-order valence-corrected chi connectivity index (χ3v) is 2.58. The number of benzene rings is 1. The number of pyridine rings is 1. The lowest BCUT2D eigenvalue weighted by Crippen LogP contribution is -2.06. The first-order chi connectivity index (χ1) is 8.11. The fraction of sp³-hybridized carbons (Fsp3) is 0.357. The summed E-state index contributed by atoms with van der Waals surface area (Å²) in [4.78, 5) is 4.20. The van der Waals surface area contributed by atoms with E-state index in [1.165, 1.54) is 0 Å². The zero-order valence-electron chi connectivity index (χ0n) is 10.7. The fourth-order valence-corrected chi connectivity index (χ4v) is 1.83. The molecule has 0 N–H and O–H groups in total. The van der Waals surface area contributed by atoms with Crippen LogP contribution in [0.4, 0.5) is 0 Å². The van der Waals surface area contributed by atoms with Crippen molar-refractivity contribution in [3.05, 3.63) is 30.0 Å². The maximum atomic E-state index is 5.77. The molecule has 0 unspecified atom stereocenters. The Morgan fingerprint density at radius 3 is 2.65 bits per heavy atom. The lowest BCUT2D eigenvalue weighted by molar-refractivity contribution is 0.241.